The maximum atomic E-state index is 11.5. The fourth-order valence-electron chi connectivity index (χ4n) is 1.37. The van der Waals surface area contributed by atoms with Crippen LogP contribution in [0.4, 0.5) is 4.79 Å². The fraction of sp³-hybridized carbons (Fsp3) is 0.455. The molecule has 0 fully saturated rings. The molecule has 0 aromatic carbocycles. The number of aromatic nitrogens is 2. The van der Waals surface area contributed by atoms with Gasteiger partial charge in [-0.05, 0) is 13.0 Å². The molecule has 1 atom stereocenters. The number of aryl methyl sites for hydroxylation is 1. The molecule has 1 heterocycles. The Bertz CT molecular complexity index is 452. The molecule has 0 spiro atoms. The van der Waals surface area contributed by atoms with Gasteiger partial charge in [0.25, 0.3) is 0 Å². The van der Waals surface area contributed by atoms with E-state index in [0.29, 0.717) is 11.5 Å². The molecule has 0 aliphatic heterocycles. The van der Waals surface area contributed by atoms with E-state index in [2.05, 4.69) is 20.6 Å². The van der Waals surface area contributed by atoms with Gasteiger partial charge in [0, 0.05) is 19.2 Å². The number of nitrogens with one attached hydrogen (secondary N) is 2. The van der Waals surface area contributed by atoms with Crippen LogP contribution in [-0.4, -0.2) is 44.8 Å². The zero-order valence-electron chi connectivity index (χ0n) is 10.5. The predicted octanol–water partition coefficient (Wildman–Crippen LogP) is -0.580. The van der Waals surface area contributed by atoms with Crippen LogP contribution >= 0.6 is 0 Å². The Kier molecular flexibility index (Phi) is 5.68. The molecule has 4 N–H and O–H groups in total. The number of carbonyl (C=O) groups is 2. The molecule has 0 aliphatic carbocycles. The summed E-state index contributed by atoms with van der Waals surface area (Å²) in [6.45, 7) is 1.58. The zero-order valence-corrected chi connectivity index (χ0v) is 10.5. The van der Waals surface area contributed by atoms with Gasteiger partial charge >= 0.3 is 12.0 Å². The van der Waals surface area contributed by atoms with E-state index < -0.39 is 18.0 Å². The molecular formula is C11H16N4O4. The van der Waals surface area contributed by atoms with Crippen molar-refractivity contribution < 1.29 is 19.8 Å². The van der Waals surface area contributed by atoms with E-state index in [4.69, 9.17) is 10.2 Å². The van der Waals surface area contributed by atoms with E-state index in [1.54, 1.807) is 19.2 Å². The van der Waals surface area contributed by atoms with Crippen LogP contribution in [0.15, 0.2) is 12.3 Å². The lowest BCUT2D eigenvalue weighted by atomic mass is 10.2. The highest BCUT2D eigenvalue weighted by Crippen LogP contribution is 1.95. The van der Waals surface area contributed by atoms with Crippen molar-refractivity contribution in [1.82, 2.24) is 20.6 Å². The maximum Gasteiger partial charge on any atom is 0.326 e. The number of carbonyl (C=O) groups excluding carboxylic acids is 1. The number of rotatable bonds is 6. The molecule has 8 nitrogen and oxygen atoms in total. The van der Waals surface area contributed by atoms with Crippen molar-refractivity contribution in [1.29, 1.82) is 0 Å². The van der Waals surface area contributed by atoms with Crippen molar-refractivity contribution in [3.63, 3.8) is 0 Å². The second-order valence-electron chi connectivity index (χ2n) is 3.83. The third-order valence-corrected chi connectivity index (χ3v) is 2.28. The van der Waals surface area contributed by atoms with Crippen LogP contribution in [0, 0.1) is 6.92 Å². The van der Waals surface area contributed by atoms with Gasteiger partial charge in [-0.3, -0.25) is 0 Å². The van der Waals surface area contributed by atoms with Crippen LogP contribution in [-0.2, 0) is 11.3 Å². The molecule has 0 saturated carbocycles. The molecule has 0 radical (unpaired) electrons. The van der Waals surface area contributed by atoms with Gasteiger partial charge in [-0.2, -0.15) is 0 Å². The average molecular weight is 268 g/mol. The Morgan fingerprint density at radius 3 is 2.79 bits per heavy atom. The SMILES string of the molecule is Cc1nccc(CNC(=O)N[C@@H](CCO)C(=O)O)n1. The lowest BCUT2D eigenvalue weighted by molar-refractivity contribution is -0.139. The standard InChI is InChI=1S/C11H16N4O4/c1-7-12-4-2-8(14-7)6-13-11(19)15-9(3-5-16)10(17)18/h2,4,9,16H,3,5-6H2,1H3,(H,17,18)(H2,13,15,19)/t9-/m0/s1. The van der Waals surface area contributed by atoms with E-state index >= 15 is 0 Å². The van der Waals surface area contributed by atoms with Crippen LogP contribution in [0.2, 0.25) is 0 Å². The molecule has 0 saturated heterocycles. The van der Waals surface area contributed by atoms with Gasteiger partial charge in [0.05, 0.1) is 12.2 Å². The average Bonchev–Trinajstić information content (AvgIpc) is 2.36. The van der Waals surface area contributed by atoms with E-state index in [1.807, 2.05) is 0 Å². The zero-order chi connectivity index (χ0) is 14.3. The van der Waals surface area contributed by atoms with Gasteiger partial charge in [0.15, 0.2) is 0 Å². The van der Waals surface area contributed by atoms with Crippen molar-refractivity contribution in [2.24, 2.45) is 0 Å². The summed E-state index contributed by atoms with van der Waals surface area (Å²) in [4.78, 5) is 30.3. The molecule has 19 heavy (non-hydrogen) atoms. The Morgan fingerprint density at radius 2 is 2.21 bits per heavy atom. The number of aliphatic hydroxyl groups excluding tert-OH is 1. The summed E-state index contributed by atoms with van der Waals surface area (Å²) < 4.78 is 0. The first-order valence-electron chi connectivity index (χ1n) is 5.69. The van der Waals surface area contributed by atoms with Crippen LogP contribution in [0.25, 0.3) is 0 Å². The third-order valence-electron chi connectivity index (χ3n) is 2.28. The Morgan fingerprint density at radius 1 is 1.47 bits per heavy atom. The highest BCUT2D eigenvalue weighted by molar-refractivity contribution is 5.82. The van der Waals surface area contributed by atoms with E-state index in [0.717, 1.165) is 0 Å². The summed E-state index contributed by atoms with van der Waals surface area (Å²) in [5.41, 5.74) is 0.622. The third kappa shape index (κ3) is 5.30. The summed E-state index contributed by atoms with van der Waals surface area (Å²) in [6.07, 6.45) is 1.53. The summed E-state index contributed by atoms with van der Waals surface area (Å²) in [5.74, 6) is -0.606. The second-order valence-corrected chi connectivity index (χ2v) is 3.83. The molecule has 1 aromatic heterocycles. The largest absolute Gasteiger partial charge is 0.480 e. The first kappa shape index (κ1) is 14.8. The fourth-order valence-corrected chi connectivity index (χ4v) is 1.37. The normalized spacial score (nSPS) is 11.7. The van der Waals surface area contributed by atoms with E-state index in [1.165, 1.54) is 0 Å². The number of urea groups is 1. The minimum atomic E-state index is -1.19. The number of amides is 2. The predicted molar refractivity (Wildman–Crippen MR) is 65.3 cm³/mol. The number of carboxylic acids is 1. The van der Waals surface area contributed by atoms with Crippen molar-refractivity contribution in [3.05, 3.63) is 23.8 Å². The number of hydrogen-bond donors (Lipinski definition) is 4. The number of nitrogens with zero attached hydrogens (tertiary/aromatic N) is 2. The number of hydrogen-bond acceptors (Lipinski definition) is 5. The van der Waals surface area contributed by atoms with Crippen molar-refractivity contribution in [2.45, 2.75) is 25.9 Å². The Hall–Kier alpha value is -2.22. The quantitative estimate of drug-likeness (QED) is 0.547. The maximum absolute atomic E-state index is 11.5. The van der Waals surface area contributed by atoms with Gasteiger partial charge in [0.1, 0.15) is 11.9 Å². The molecule has 0 aliphatic rings. The van der Waals surface area contributed by atoms with Crippen molar-refractivity contribution in [2.75, 3.05) is 6.61 Å². The molecule has 1 aromatic rings. The monoisotopic (exact) mass is 268 g/mol. The summed E-state index contributed by atoms with van der Waals surface area (Å²) in [5, 5.41) is 22.2. The number of aliphatic carboxylic acids is 1. The highest BCUT2D eigenvalue weighted by atomic mass is 16.4. The molecule has 1 rings (SSSR count). The molecule has 8 heteroatoms. The summed E-state index contributed by atoms with van der Waals surface area (Å²) >= 11 is 0. The van der Waals surface area contributed by atoms with Gasteiger partial charge in [0.2, 0.25) is 0 Å². The van der Waals surface area contributed by atoms with Gasteiger partial charge in [-0.1, -0.05) is 0 Å². The highest BCUT2D eigenvalue weighted by Gasteiger charge is 2.18. The van der Waals surface area contributed by atoms with Gasteiger partial charge in [-0.25, -0.2) is 19.6 Å². The first-order chi connectivity index (χ1) is 9.02. The summed E-state index contributed by atoms with van der Waals surface area (Å²) in [6, 6.07) is -0.0929. The van der Waals surface area contributed by atoms with Crippen molar-refractivity contribution >= 4 is 12.0 Å². The topological polar surface area (TPSA) is 124 Å². The smallest absolute Gasteiger partial charge is 0.326 e. The number of carboxylic acid groups (broad SMARTS) is 1. The molecule has 0 unspecified atom stereocenters. The summed E-state index contributed by atoms with van der Waals surface area (Å²) in [7, 11) is 0. The molecule has 0 bridgehead atoms. The lowest BCUT2D eigenvalue weighted by Crippen LogP contribution is -2.46. The first-order valence-corrected chi connectivity index (χ1v) is 5.69. The van der Waals surface area contributed by atoms with Gasteiger partial charge in [-0.15, -0.1) is 0 Å². The second kappa shape index (κ2) is 7.27. The van der Waals surface area contributed by atoms with Crippen LogP contribution < -0.4 is 10.6 Å². The molecule has 104 valence electrons. The molecular weight excluding hydrogens is 252 g/mol. The van der Waals surface area contributed by atoms with Crippen LogP contribution in [0.5, 0.6) is 0 Å². The lowest BCUT2D eigenvalue weighted by Gasteiger charge is -2.13. The Labute approximate surface area is 109 Å². The molecule has 2 amide bonds. The number of aliphatic hydroxyl groups is 1. The minimum Gasteiger partial charge on any atom is -0.480 e. The van der Waals surface area contributed by atoms with E-state index in [9.17, 15) is 9.59 Å². The van der Waals surface area contributed by atoms with Gasteiger partial charge < -0.3 is 20.8 Å². The van der Waals surface area contributed by atoms with Crippen LogP contribution in [0.1, 0.15) is 17.9 Å². The minimum absolute atomic E-state index is 0.0463. The van der Waals surface area contributed by atoms with Crippen molar-refractivity contribution in [3.8, 4) is 0 Å². The van der Waals surface area contributed by atoms with Crippen LogP contribution in [0.3, 0.4) is 0 Å². The van der Waals surface area contributed by atoms with E-state index in [-0.39, 0.29) is 19.6 Å². The Balaban J connectivity index is 2.44.